The number of hydrogen-bond donors (Lipinski definition) is 1. The average Bonchev–Trinajstić information content (AvgIpc) is 3.21. The Bertz CT molecular complexity index is 1260. The topological polar surface area (TPSA) is 107 Å². The second-order valence-electron chi connectivity index (χ2n) is 7.86. The molecule has 0 radical (unpaired) electrons. The van der Waals surface area contributed by atoms with E-state index in [0.29, 0.717) is 11.6 Å². The molecule has 0 bridgehead atoms. The highest BCUT2D eigenvalue weighted by molar-refractivity contribution is 7.92. The maximum atomic E-state index is 13.5. The first-order valence-electron chi connectivity index (χ1n) is 9.81. The van der Waals surface area contributed by atoms with Crippen molar-refractivity contribution in [2.45, 2.75) is 52.7 Å². The van der Waals surface area contributed by atoms with Gasteiger partial charge < -0.3 is 4.74 Å². The van der Waals surface area contributed by atoms with Crippen LogP contribution in [-0.4, -0.2) is 41.0 Å². The smallest absolute Gasteiger partial charge is 0.417 e. The van der Waals surface area contributed by atoms with Gasteiger partial charge in [0.1, 0.15) is 11.5 Å². The van der Waals surface area contributed by atoms with Crippen LogP contribution < -0.4 is 5.32 Å². The van der Waals surface area contributed by atoms with Crippen molar-refractivity contribution < 1.29 is 39.5 Å². The fraction of sp³-hybridized carbons (Fsp3) is 0.381. The lowest BCUT2D eigenvalue weighted by atomic mass is 9.83. The van der Waals surface area contributed by atoms with Gasteiger partial charge in [0.2, 0.25) is 0 Å². The second kappa shape index (κ2) is 8.73. The van der Waals surface area contributed by atoms with Crippen LogP contribution >= 0.6 is 0 Å². The van der Waals surface area contributed by atoms with Gasteiger partial charge in [0.15, 0.2) is 19.7 Å². The lowest BCUT2D eigenvalue weighted by molar-refractivity contribution is -0.140. The van der Waals surface area contributed by atoms with Crippen molar-refractivity contribution in [2.24, 2.45) is 0 Å². The third-order valence-corrected chi connectivity index (χ3v) is 9.01. The molecule has 0 aliphatic carbocycles. The Morgan fingerprint density at radius 3 is 2.39 bits per heavy atom. The molecular formula is C21H22F3NO6S2. The van der Waals surface area contributed by atoms with E-state index in [9.17, 15) is 34.8 Å². The van der Waals surface area contributed by atoms with Crippen LogP contribution in [0.15, 0.2) is 58.3 Å². The molecule has 3 atom stereocenters. The zero-order valence-electron chi connectivity index (χ0n) is 17.7. The molecule has 3 rings (SSSR count). The fourth-order valence-corrected chi connectivity index (χ4v) is 6.64. The second-order valence-corrected chi connectivity index (χ2v) is 12.0. The van der Waals surface area contributed by atoms with E-state index in [-0.39, 0.29) is 24.2 Å². The van der Waals surface area contributed by atoms with Gasteiger partial charge in [0.25, 0.3) is 6.47 Å². The molecule has 1 saturated heterocycles. The first kappa shape index (κ1) is 25.2. The van der Waals surface area contributed by atoms with Crippen molar-refractivity contribution in [3.8, 4) is 0 Å². The average molecular weight is 506 g/mol. The van der Waals surface area contributed by atoms with Gasteiger partial charge in [-0.1, -0.05) is 24.3 Å². The first-order valence-corrected chi connectivity index (χ1v) is 13.2. The Labute approximate surface area is 189 Å². The van der Waals surface area contributed by atoms with Crippen LogP contribution in [0.3, 0.4) is 0 Å². The van der Waals surface area contributed by atoms with Crippen molar-refractivity contribution in [1.29, 1.82) is 0 Å². The monoisotopic (exact) mass is 505 g/mol. The molecule has 1 heterocycles. The molecule has 0 aromatic heterocycles. The van der Waals surface area contributed by atoms with Gasteiger partial charge in [-0.3, -0.25) is 10.1 Å². The van der Waals surface area contributed by atoms with E-state index in [1.54, 1.807) is 6.07 Å². The number of benzene rings is 2. The normalized spacial score (nSPS) is 22.6. The minimum Gasteiger partial charge on any atom is -0.463 e. The minimum atomic E-state index is -4.88. The summed E-state index contributed by atoms with van der Waals surface area (Å²) in [4.78, 5) is 10.1. The number of rotatable bonds is 7. The summed E-state index contributed by atoms with van der Waals surface area (Å²) < 4.78 is 96.1. The van der Waals surface area contributed by atoms with Crippen LogP contribution in [0.1, 0.15) is 30.9 Å². The van der Waals surface area contributed by atoms with Gasteiger partial charge in [0.05, 0.1) is 20.9 Å². The molecule has 12 heteroatoms. The molecule has 0 saturated carbocycles. The van der Waals surface area contributed by atoms with Crippen molar-refractivity contribution in [3.05, 3.63) is 59.7 Å². The molecule has 2 aromatic carbocycles. The summed E-state index contributed by atoms with van der Waals surface area (Å²) in [7, 11) is -8.12. The molecule has 1 aliphatic heterocycles. The summed E-state index contributed by atoms with van der Waals surface area (Å²) >= 11 is 0. The number of ether oxygens (including phenoxy) is 1. The van der Waals surface area contributed by atoms with Crippen LogP contribution in [-0.2, 0) is 40.9 Å². The summed E-state index contributed by atoms with van der Waals surface area (Å²) in [5.41, 5.74) is -2.28. The van der Waals surface area contributed by atoms with E-state index in [1.165, 1.54) is 31.2 Å². The van der Waals surface area contributed by atoms with Crippen molar-refractivity contribution in [3.63, 3.8) is 0 Å². The van der Waals surface area contributed by atoms with E-state index in [4.69, 9.17) is 4.74 Å². The van der Waals surface area contributed by atoms with Crippen LogP contribution in [0.25, 0.3) is 0 Å². The minimum absolute atomic E-state index is 0.0341. The Morgan fingerprint density at radius 1 is 1.12 bits per heavy atom. The number of halogens is 3. The molecule has 1 N–H and O–H groups in total. The van der Waals surface area contributed by atoms with Crippen molar-refractivity contribution in [1.82, 2.24) is 5.32 Å². The summed E-state index contributed by atoms with van der Waals surface area (Å²) in [5, 5.41) is 1.44. The molecule has 1 fully saturated rings. The van der Waals surface area contributed by atoms with Crippen LogP contribution in [0.5, 0.6) is 0 Å². The summed E-state index contributed by atoms with van der Waals surface area (Å²) in [6.45, 7) is 1.67. The lowest BCUT2D eigenvalue weighted by Gasteiger charge is -2.36. The molecule has 33 heavy (non-hydrogen) atoms. The van der Waals surface area contributed by atoms with E-state index in [2.05, 4.69) is 5.32 Å². The Balaban J connectivity index is 2.10. The van der Waals surface area contributed by atoms with Crippen molar-refractivity contribution >= 4 is 26.1 Å². The highest BCUT2D eigenvalue weighted by atomic mass is 32.2. The predicted octanol–water partition coefficient (Wildman–Crippen LogP) is 3.05. The van der Waals surface area contributed by atoms with Gasteiger partial charge in [-0.15, -0.1) is 0 Å². The predicted molar refractivity (Wildman–Crippen MR) is 113 cm³/mol. The highest BCUT2D eigenvalue weighted by Gasteiger charge is 2.51. The summed E-state index contributed by atoms with van der Waals surface area (Å²) in [5.74, 6) is 0. The van der Waals surface area contributed by atoms with Gasteiger partial charge in [-0.25, -0.2) is 16.8 Å². The first-order chi connectivity index (χ1) is 15.2. The largest absolute Gasteiger partial charge is 0.463 e. The molecule has 0 amide bonds. The summed E-state index contributed by atoms with van der Waals surface area (Å²) in [6, 6.07) is 9.61. The van der Waals surface area contributed by atoms with Crippen LogP contribution in [0.4, 0.5) is 13.2 Å². The van der Waals surface area contributed by atoms with Gasteiger partial charge in [-0.05, 0) is 49.6 Å². The maximum absolute atomic E-state index is 13.5. The quantitative estimate of drug-likeness (QED) is 0.577. The molecule has 2 aromatic rings. The zero-order chi connectivity index (χ0) is 24.7. The van der Waals surface area contributed by atoms with Gasteiger partial charge in [0, 0.05) is 6.26 Å². The third kappa shape index (κ3) is 4.78. The molecule has 7 nitrogen and oxygen atoms in total. The van der Waals surface area contributed by atoms with Crippen molar-refractivity contribution in [2.75, 3.05) is 6.26 Å². The summed E-state index contributed by atoms with van der Waals surface area (Å²) in [6.07, 6.45) is -4.86. The molecule has 0 spiro atoms. The van der Waals surface area contributed by atoms with E-state index in [0.717, 1.165) is 18.4 Å². The van der Waals surface area contributed by atoms with E-state index >= 15 is 0 Å². The Morgan fingerprint density at radius 2 is 1.79 bits per heavy atom. The fourth-order valence-electron chi connectivity index (χ4n) is 4.11. The number of nitrogens with one attached hydrogen (secondary N) is 1. The molecule has 1 aliphatic rings. The Kier molecular flexibility index (Phi) is 6.66. The lowest BCUT2D eigenvalue weighted by Crippen LogP contribution is -2.51. The standard InChI is InChI=1S/C21H22F3NO6S2/c1-14(31-13-26)20(15-6-5-7-16(12-15)32(2,27)28)11-10-19(25-20)33(29,30)18-9-4-3-8-17(18)21(22,23)24/h3-9,12-14,19,25H,10-11H2,1-2H3. The number of carbonyl (C=O) groups is 1. The number of carbonyl (C=O) groups excluding carboxylic acids is 1. The maximum Gasteiger partial charge on any atom is 0.417 e. The number of sulfone groups is 2. The van der Waals surface area contributed by atoms with Crippen LogP contribution in [0.2, 0.25) is 0 Å². The third-order valence-electron chi connectivity index (χ3n) is 5.82. The molecular weight excluding hydrogens is 483 g/mol. The molecule has 3 unspecified atom stereocenters. The van der Waals surface area contributed by atoms with Crippen LogP contribution in [0, 0.1) is 0 Å². The number of hydrogen-bond acceptors (Lipinski definition) is 7. The van der Waals surface area contributed by atoms with E-state index in [1.807, 2.05) is 0 Å². The van der Waals surface area contributed by atoms with E-state index < -0.39 is 53.3 Å². The highest BCUT2D eigenvalue weighted by Crippen LogP contribution is 2.42. The number of alkyl halides is 3. The van der Waals surface area contributed by atoms with Gasteiger partial charge >= 0.3 is 6.18 Å². The zero-order valence-corrected chi connectivity index (χ0v) is 19.3. The van der Waals surface area contributed by atoms with Gasteiger partial charge in [-0.2, -0.15) is 13.2 Å². The molecule has 180 valence electrons. The Hall–Kier alpha value is -2.44. The SMILES string of the molecule is CC(OC=O)C1(c2cccc(S(C)(=O)=O)c2)CCC(S(=O)(=O)c2ccccc2C(F)(F)F)N1.